The summed E-state index contributed by atoms with van der Waals surface area (Å²) in [7, 11) is 0. The summed E-state index contributed by atoms with van der Waals surface area (Å²) in [4.78, 5) is 12.0. The third kappa shape index (κ3) is 2.46. The van der Waals surface area contributed by atoms with Crippen molar-refractivity contribution >= 4 is 23.2 Å². The van der Waals surface area contributed by atoms with Crippen LogP contribution >= 0.6 is 11.6 Å². The molecule has 4 N–H and O–H groups in total. The van der Waals surface area contributed by atoms with Crippen LogP contribution in [0.3, 0.4) is 0 Å². The lowest BCUT2D eigenvalue weighted by Gasteiger charge is -2.08. The molecular weight excluding hydrogens is 252 g/mol. The quantitative estimate of drug-likeness (QED) is 0.740. The number of amides is 1. The molecule has 1 aromatic heterocycles. The maximum absolute atomic E-state index is 12.0. The van der Waals surface area contributed by atoms with Gasteiger partial charge in [0.2, 0.25) is 0 Å². The van der Waals surface area contributed by atoms with Crippen molar-refractivity contribution in [2.24, 2.45) is 0 Å². The fourth-order valence-electron chi connectivity index (χ4n) is 1.60. The van der Waals surface area contributed by atoms with Crippen LogP contribution in [0.15, 0.2) is 24.4 Å². The highest BCUT2D eigenvalue weighted by atomic mass is 35.5. The van der Waals surface area contributed by atoms with E-state index in [0.29, 0.717) is 22.8 Å². The fraction of sp³-hybridized carbons (Fsp3) is 0.167. The van der Waals surface area contributed by atoms with Gasteiger partial charge in [-0.3, -0.25) is 9.89 Å². The molecule has 2 aromatic rings. The molecule has 0 fully saturated rings. The highest BCUT2D eigenvalue weighted by Crippen LogP contribution is 2.21. The molecule has 0 radical (unpaired) electrons. The van der Waals surface area contributed by atoms with Gasteiger partial charge in [0, 0.05) is 23.5 Å². The van der Waals surface area contributed by atoms with Crippen LogP contribution in [0.2, 0.25) is 5.02 Å². The van der Waals surface area contributed by atoms with Gasteiger partial charge in [-0.25, -0.2) is 0 Å². The summed E-state index contributed by atoms with van der Waals surface area (Å²) in [6.45, 7) is 2.27. The van der Waals surface area contributed by atoms with Gasteiger partial charge in [0.25, 0.3) is 5.91 Å². The fourth-order valence-corrected chi connectivity index (χ4v) is 1.87. The van der Waals surface area contributed by atoms with Gasteiger partial charge in [-0.05, 0) is 19.1 Å². The number of carbonyl (C=O) groups excluding carboxylic acids is 1. The van der Waals surface area contributed by atoms with E-state index in [2.05, 4.69) is 15.5 Å². The lowest BCUT2D eigenvalue weighted by Crippen LogP contribution is -2.24. The summed E-state index contributed by atoms with van der Waals surface area (Å²) in [5, 5.41) is 9.79. The minimum absolute atomic E-state index is 0.293. The molecule has 2 rings (SSSR count). The Bertz CT molecular complexity index is 559. The van der Waals surface area contributed by atoms with E-state index in [-0.39, 0.29) is 5.91 Å². The first-order valence-electron chi connectivity index (χ1n) is 5.40. The standard InChI is InChI=1S/C12H13ClN4O/c1-7-8(6-16-17-7)5-15-12(18)11-9(13)3-2-4-10(11)14/h2-4,6H,5,14H2,1H3,(H,15,18)(H,16,17). The number of H-pyrrole nitrogens is 1. The van der Waals surface area contributed by atoms with E-state index in [1.807, 2.05) is 6.92 Å². The van der Waals surface area contributed by atoms with Crippen molar-refractivity contribution in [3.63, 3.8) is 0 Å². The van der Waals surface area contributed by atoms with E-state index in [4.69, 9.17) is 17.3 Å². The lowest BCUT2D eigenvalue weighted by molar-refractivity contribution is 0.0952. The zero-order valence-electron chi connectivity index (χ0n) is 9.83. The maximum atomic E-state index is 12.0. The molecular formula is C12H13ClN4O. The van der Waals surface area contributed by atoms with Gasteiger partial charge in [0.05, 0.1) is 16.8 Å². The Kier molecular flexibility index (Phi) is 3.53. The Morgan fingerprint density at radius 1 is 1.56 bits per heavy atom. The van der Waals surface area contributed by atoms with Crippen molar-refractivity contribution < 1.29 is 4.79 Å². The number of nitrogens with one attached hydrogen (secondary N) is 2. The van der Waals surface area contributed by atoms with Crippen LogP contribution in [-0.4, -0.2) is 16.1 Å². The van der Waals surface area contributed by atoms with E-state index < -0.39 is 0 Å². The summed E-state index contributed by atoms with van der Waals surface area (Å²) in [6.07, 6.45) is 1.67. The average Bonchev–Trinajstić information content (AvgIpc) is 2.72. The van der Waals surface area contributed by atoms with Crippen molar-refractivity contribution in [1.29, 1.82) is 0 Å². The molecule has 0 aliphatic heterocycles. The number of aromatic amines is 1. The van der Waals surface area contributed by atoms with E-state index in [9.17, 15) is 4.79 Å². The first kappa shape index (κ1) is 12.4. The molecule has 0 unspecified atom stereocenters. The van der Waals surface area contributed by atoms with Gasteiger partial charge in [-0.2, -0.15) is 5.10 Å². The molecule has 1 amide bonds. The summed E-state index contributed by atoms with van der Waals surface area (Å²) in [6, 6.07) is 4.98. The topological polar surface area (TPSA) is 83.8 Å². The number of anilines is 1. The number of halogens is 1. The molecule has 1 aromatic carbocycles. The Morgan fingerprint density at radius 2 is 2.33 bits per heavy atom. The lowest BCUT2D eigenvalue weighted by atomic mass is 10.1. The summed E-state index contributed by atoms with van der Waals surface area (Å²) < 4.78 is 0. The zero-order valence-corrected chi connectivity index (χ0v) is 10.6. The van der Waals surface area contributed by atoms with Gasteiger partial charge >= 0.3 is 0 Å². The number of nitrogens with two attached hydrogens (primary N) is 1. The molecule has 94 valence electrons. The number of benzene rings is 1. The van der Waals surface area contributed by atoms with Crippen LogP contribution in [0.4, 0.5) is 5.69 Å². The number of hydrogen-bond donors (Lipinski definition) is 3. The number of carbonyl (C=O) groups is 1. The molecule has 0 atom stereocenters. The Hall–Kier alpha value is -2.01. The number of aromatic nitrogens is 2. The predicted octanol–water partition coefficient (Wildman–Crippen LogP) is 1.88. The molecule has 6 heteroatoms. The highest BCUT2D eigenvalue weighted by Gasteiger charge is 2.13. The molecule has 1 heterocycles. The Balaban J connectivity index is 2.11. The summed E-state index contributed by atoms with van der Waals surface area (Å²) >= 11 is 5.96. The Labute approximate surface area is 109 Å². The van der Waals surface area contributed by atoms with Crippen LogP contribution in [0.5, 0.6) is 0 Å². The van der Waals surface area contributed by atoms with Gasteiger partial charge in [0.1, 0.15) is 0 Å². The second-order valence-electron chi connectivity index (χ2n) is 3.91. The van der Waals surface area contributed by atoms with E-state index in [0.717, 1.165) is 11.3 Å². The number of hydrogen-bond acceptors (Lipinski definition) is 3. The summed E-state index contributed by atoms with van der Waals surface area (Å²) in [5.74, 6) is -0.293. The van der Waals surface area contributed by atoms with Crippen LogP contribution in [-0.2, 0) is 6.54 Å². The molecule has 5 nitrogen and oxygen atoms in total. The first-order valence-corrected chi connectivity index (χ1v) is 5.78. The molecule has 18 heavy (non-hydrogen) atoms. The first-order chi connectivity index (χ1) is 8.59. The molecule has 0 spiro atoms. The number of nitrogen functional groups attached to an aromatic ring is 1. The minimum Gasteiger partial charge on any atom is -0.398 e. The molecule has 0 aliphatic carbocycles. The van der Waals surface area contributed by atoms with Crippen LogP contribution in [0, 0.1) is 6.92 Å². The van der Waals surface area contributed by atoms with Crippen molar-refractivity contribution in [2.45, 2.75) is 13.5 Å². The molecule has 0 aliphatic rings. The predicted molar refractivity (Wildman–Crippen MR) is 70.4 cm³/mol. The largest absolute Gasteiger partial charge is 0.398 e. The van der Waals surface area contributed by atoms with Crippen LogP contribution in [0.1, 0.15) is 21.6 Å². The van der Waals surface area contributed by atoms with E-state index in [1.165, 1.54) is 0 Å². The zero-order chi connectivity index (χ0) is 13.1. The Morgan fingerprint density at radius 3 is 2.94 bits per heavy atom. The monoisotopic (exact) mass is 264 g/mol. The van der Waals surface area contributed by atoms with Gasteiger partial charge in [-0.1, -0.05) is 17.7 Å². The van der Waals surface area contributed by atoms with Crippen LogP contribution in [0.25, 0.3) is 0 Å². The smallest absolute Gasteiger partial charge is 0.255 e. The van der Waals surface area contributed by atoms with Gasteiger partial charge < -0.3 is 11.1 Å². The van der Waals surface area contributed by atoms with E-state index in [1.54, 1.807) is 24.4 Å². The number of rotatable bonds is 3. The van der Waals surface area contributed by atoms with E-state index >= 15 is 0 Å². The second kappa shape index (κ2) is 5.10. The van der Waals surface area contributed by atoms with Gasteiger partial charge in [0.15, 0.2) is 0 Å². The maximum Gasteiger partial charge on any atom is 0.255 e. The SMILES string of the molecule is Cc1[nH]ncc1CNC(=O)c1c(N)cccc1Cl. The number of aryl methyl sites for hydroxylation is 1. The molecule has 0 saturated carbocycles. The molecule has 0 bridgehead atoms. The van der Waals surface area contributed by atoms with Crippen molar-refractivity contribution in [3.05, 3.63) is 46.2 Å². The molecule has 0 saturated heterocycles. The number of nitrogens with zero attached hydrogens (tertiary/aromatic N) is 1. The van der Waals surface area contributed by atoms with Crippen molar-refractivity contribution in [3.8, 4) is 0 Å². The van der Waals surface area contributed by atoms with Gasteiger partial charge in [-0.15, -0.1) is 0 Å². The van der Waals surface area contributed by atoms with Crippen LogP contribution < -0.4 is 11.1 Å². The average molecular weight is 265 g/mol. The normalized spacial score (nSPS) is 10.3. The van der Waals surface area contributed by atoms with Crippen molar-refractivity contribution in [2.75, 3.05) is 5.73 Å². The third-order valence-corrected chi connectivity index (χ3v) is 2.96. The highest BCUT2D eigenvalue weighted by molar-refractivity contribution is 6.34. The minimum atomic E-state index is -0.293. The third-order valence-electron chi connectivity index (χ3n) is 2.65. The summed E-state index contributed by atoms with van der Waals surface area (Å²) in [5.41, 5.74) is 8.25. The second-order valence-corrected chi connectivity index (χ2v) is 4.31. The van der Waals surface area contributed by atoms with Crippen molar-refractivity contribution in [1.82, 2.24) is 15.5 Å².